The Bertz CT molecular complexity index is 1230. The molecular formula is C20H16N2O3S3. The Morgan fingerprint density at radius 3 is 2.79 bits per heavy atom. The molecule has 0 unspecified atom stereocenters. The minimum Gasteiger partial charge on any atom is -0.458 e. The van der Waals surface area contributed by atoms with Gasteiger partial charge in [0.05, 0.1) is 15.8 Å². The van der Waals surface area contributed by atoms with Gasteiger partial charge in [-0.05, 0) is 35.9 Å². The molecule has 1 aliphatic rings. The largest absolute Gasteiger partial charge is 0.458 e. The van der Waals surface area contributed by atoms with Crippen LogP contribution in [0.5, 0.6) is 0 Å². The molecule has 0 spiro atoms. The first-order valence-corrected chi connectivity index (χ1v) is 11.0. The monoisotopic (exact) mass is 428 g/mol. The molecule has 0 amide bonds. The molecule has 5 nitrogen and oxygen atoms in total. The van der Waals surface area contributed by atoms with E-state index in [-0.39, 0.29) is 12.2 Å². The van der Waals surface area contributed by atoms with E-state index >= 15 is 0 Å². The molecule has 3 aromatic rings. The summed E-state index contributed by atoms with van der Waals surface area (Å²) >= 11 is 4.40. The molecule has 0 radical (unpaired) electrons. The number of carbonyl (C=O) groups is 1. The van der Waals surface area contributed by atoms with E-state index in [0.717, 1.165) is 9.75 Å². The van der Waals surface area contributed by atoms with E-state index < -0.39 is 12.0 Å². The fourth-order valence-electron chi connectivity index (χ4n) is 3.01. The van der Waals surface area contributed by atoms with Crippen molar-refractivity contribution in [2.24, 2.45) is 4.99 Å². The number of hydrogen-bond donors (Lipinski definition) is 0. The van der Waals surface area contributed by atoms with Crippen LogP contribution in [0.2, 0.25) is 0 Å². The number of ether oxygens (including phenoxy) is 1. The predicted molar refractivity (Wildman–Crippen MR) is 114 cm³/mol. The molecule has 0 aliphatic carbocycles. The average molecular weight is 429 g/mol. The lowest BCUT2D eigenvalue weighted by atomic mass is 10.0. The van der Waals surface area contributed by atoms with Gasteiger partial charge in [0.2, 0.25) is 0 Å². The zero-order valence-corrected chi connectivity index (χ0v) is 17.4. The highest BCUT2D eigenvalue weighted by Gasteiger charge is 2.33. The van der Waals surface area contributed by atoms with Gasteiger partial charge >= 0.3 is 5.97 Å². The molecule has 0 saturated heterocycles. The molecular weight excluding hydrogens is 412 g/mol. The number of fused-ring (bicyclic) bond motifs is 1. The highest BCUT2D eigenvalue weighted by Crippen LogP contribution is 2.33. The highest BCUT2D eigenvalue weighted by atomic mass is 32.1. The van der Waals surface area contributed by atoms with Gasteiger partial charge in [-0.15, -0.1) is 22.7 Å². The van der Waals surface area contributed by atoms with Crippen molar-refractivity contribution in [1.82, 2.24) is 4.57 Å². The molecule has 142 valence electrons. The second-order valence-corrected chi connectivity index (χ2v) is 8.97. The third-order valence-corrected chi connectivity index (χ3v) is 6.93. The Kier molecular flexibility index (Phi) is 5.25. The fourth-order valence-corrected chi connectivity index (χ4v) is 5.61. The summed E-state index contributed by atoms with van der Waals surface area (Å²) in [5, 5.41) is 3.90. The van der Waals surface area contributed by atoms with Crippen molar-refractivity contribution < 1.29 is 9.53 Å². The first-order chi connectivity index (χ1) is 13.6. The molecule has 0 N–H and O–H groups in total. The van der Waals surface area contributed by atoms with Gasteiger partial charge in [0, 0.05) is 9.75 Å². The molecule has 1 atom stereocenters. The van der Waals surface area contributed by atoms with Crippen molar-refractivity contribution in [1.29, 1.82) is 0 Å². The molecule has 0 fully saturated rings. The molecule has 0 bridgehead atoms. The van der Waals surface area contributed by atoms with E-state index in [4.69, 9.17) is 4.74 Å². The standard InChI is InChI=1S/C20H16N2O3S3/c1-3-8-25-19(24)16-12(2)21-20-22(17(16)14-7-5-10-27-14)18(23)15(28-20)11-13-6-4-9-26-13/h3-7,9-11,17H,1,8H2,2H3/t17-/m1/s1. The Labute approximate surface area is 172 Å². The van der Waals surface area contributed by atoms with Gasteiger partial charge in [-0.3, -0.25) is 9.36 Å². The summed E-state index contributed by atoms with van der Waals surface area (Å²) in [6.07, 6.45) is 3.39. The molecule has 0 aromatic carbocycles. The number of thiazole rings is 1. The van der Waals surface area contributed by atoms with E-state index in [0.29, 0.717) is 20.6 Å². The van der Waals surface area contributed by atoms with Crippen LogP contribution in [0.1, 0.15) is 22.7 Å². The lowest BCUT2D eigenvalue weighted by molar-refractivity contribution is -0.138. The second kappa shape index (κ2) is 7.83. The van der Waals surface area contributed by atoms with Crippen molar-refractivity contribution in [3.8, 4) is 0 Å². The first kappa shape index (κ1) is 18.8. The van der Waals surface area contributed by atoms with Gasteiger partial charge in [0.15, 0.2) is 4.80 Å². The molecule has 0 saturated carbocycles. The van der Waals surface area contributed by atoms with E-state index in [1.165, 1.54) is 28.7 Å². The topological polar surface area (TPSA) is 60.7 Å². The summed E-state index contributed by atoms with van der Waals surface area (Å²) in [7, 11) is 0. The number of nitrogens with zero attached hydrogens (tertiary/aromatic N) is 2. The van der Waals surface area contributed by atoms with Crippen molar-refractivity contribution in [2.75, 3.05) is 6.61 Å². The summed E-state index contributed by atoms with van der Waals surface area (Å²) in [6.45, 7) is 5.47. The summed E-state index contributed by atoms with van der Waals surface area (Å²) in [5.74, 6) is -0.480. The van der Waals surface area contributed by atoms with Gasteiger partial charge in [0.1, 0.15) is 12.6 Å². The SMILES string of the molecule is C=CCOC(=O)C1=C(C)N=c2sc(=Cc3cccs3)c(=O)n2[C@@H]1c1cccs1. The number of hydrogen-bond acceptors (Lipinski definition) is 7. The van der Waals surface area contributed by atoms with E-state index in [1.807, 2.05) is 41.1 Å². The maximum atomic E-state index is 13.2. The van der Waals surface area contributed by atoms with Crippen LogP contribution in [0.25, 0.3) is 6.08 Å². The summed E-state index contributed by atoms with van der Waals surface area (Å²) < 4.78 is 7.49. The molecule has 4 heterocycles. The third-order valence-electron chi connectivity index (χ3n) is 4.20. The van der Waals surface area contributed by atoms with Crippen molar-refractivity contribution in [3.63, 3.8) is 0 Å². The number of carbonyl (C=O) groups excluding carboxylic acids is 1. The summed E-state index contributed by atoms with van der Waals surface area (Å²) in [6, 6.07) is 7.19. The average Bonchev–Trinajstić information content (AvgIpc) is 3.42. The quantitative estimate of drug-likeness (QED) is 0.464. The van der Waals surface area contributed by atoms with E-state index in [2.05, 4.69) is 11.6 Å². The maximum Gasteiger partial charge on any atom is 0.338 e. The molecule has 28 heavy (non-hydrogen) atoms. The van der Waals surface area contributed by atoms with Gasteiger partial charge in [-0.25, -0.2) is 9.79 Å². The Hall–Kier alpha value is -2.55. The lowest BCUT2D eigenvalue weighted by Gasteiger charge is -2.23. The Balaban J connectivity index is 1.92. The normalized spacial score (nSPS) is 16.6. The lowest BCUT2D eigenvalue weighted by Crippen LogP contribution is -2.39. The van der Waals surface area contributed by atoms with Crippen LogP contribution in [0.15, 0.2) is 68.7 Å². The van der Waals surface area contributed by atoms with Gasteiger partial charge < -0.3 is 4.74 Å². The summed E-state index contributed by atoms with van der Waals surface area (Å²) in [4.78, 5) is 33.0. The van der Waals surface area contributed by atoms with Crippen LogP contribution < -0.4 is 14.9 Å². The smallest absolute Gasteiger partial charge is 0.338 e. The molecule has 4 rings (SSSR count). The first-order valence-electron chi connectivity index (χ1n) is 8.47. The minimum atomic E-state index is -0.543. The number of esters is 1. The minimum absolute atomic E-state index is 0.107. The predicted octanol–water partition coefficient (Wildman–Crippen LogP) is 3.09. The van der Waals surface area contributed by atoms with Crippen molar-refractivity contribution in [2.45, 2.75) is 13.0 Å². The van der Waals surface area contributed by atoms with Gasteiger partial charge in [-0.2, -0.15) is 0 Å². The third kappa shape index (κ3) is 3.34. The number of aromatic nitrogens is 1. The fraction of sp³-hybridized carbons (Fsp3) is 0.150. The molecule has 8 heteroatoms. The van der Waals surface area contributed by atoms with Crippen LogP contribution >= 0.6 is 34.0 Å². The van der Waals surface area contributed by atoms with Crippen molar-refractivity contribution >= 4 is 46.1 Å². The van der Waals surface area contributed by atoms with E-state index in [9.17, 15) is 9.59 Å². The number of allylic oxidation sites excluding steroid dienone is 1. The highest BCUT2D eigenvalue weighted by molar-refractivity contribution is 7.11. The maximum absolute atomic E-state index is 13.2. The van der Waals surface area contributed by atoms with E-state index in [1.54, 1.807) is 22.8 Å². The van der Waals surface area contributed by atoms with Crippen LogP contribution in [-0.4, -0.2) is 17.1 Å². The molecule has 3 aromatic heterocycles. The second-order valence-electron chi connectivity index (χ2n) is 6.00. The zero-order valence-electron chi connectivity index (χ0n) is 15.0. The molecule has 1 aliphatic heterocycles. The number of thiophene rings is 2. The van der Waals surface area contributed by atoms with Crippen LogP contribution in [0.3, 0.4) is 0 Å². The number of rotatable bonds is 5. The van der Waals surface area contributed by atoms with Crippen molar-refractivity contribution in [3.05, 3.63) is 88.4 Å². The van der Waals surface area contributed by atoms with Gasteiger partial charge in [0.25, 0.3) is 5.56 Å². The van der Waals surface area contributed by atoms with Gasteiger partial charge in [-0.1, -0.05) is 36.1 Å². The summed E-state index contributed by atoms with van der Waals surface area (Å²) in [5.41, 5.74) is 0.799. The van der Waals surface area contributed by atoms with Crippen LogP contribution in [0.4, 0.5) is 0 Å². The Morgan fingerprint density at radius 1 is 1.32 bits per heavy atom. The zero-order chi connectivity index (χ0) is 19.7. The Morgan fingerprint density at radius 2 is 2.11 bits per heavy atom. The van der Waals surface area contributed by atoms with Crippen LogP contribution in [0, 0.1) is 0 Å². The van der Waals surface area contributed by atoms with Crippen LogP contribution in [-0.2, 0) is 9.53 Å².